The van der Waals surface area contributed by atoms with Crippen LogP contribution in [-0.4, -0.2) is 21.3 Å². The molecule has 1 heterocycles. The van der Waals surface area contributed by atoms with E-state index in [0.29, 0.717) is 23.8 Å². The van der Waals surface area contributed by atoms with E-state index in [1.807, 2.05) is 12.1 Å². The van der Waals surface area contributed by atoms with Gasteiger partial charge >= 0.3 is 0 Å². The van der Waals surface area contributed by atoms with E-state index in [0.717, 1.165) is 12.1 Å². The van der Waals surface area contributed by atoms with Crippen molar-refractivity contribution in [2.24, 2.45) is 0 Å². The van der Waals surface area contributed by atoms with Gasteiger partial charge in [-0.15, -0.1) is 11.3 Å². The third-order valence-corrected chi connectivity index (χ3v) is 3.86. The summed E-state index contributed by atoms with van der Waals surface area (Å²) in [7, 11) is 4.87. The highest BCUT2D eigenvalue weighted by Gasteiger charge is 2.15. The van der Waals surface area contributed by atoms with Gasteiger partial charge in [-0.3, -0.25) is 0 Å². The Hall–Kier alpha value is -1.72. The average Bonchev–Trinajstić information content (AvgIpc) is 2.99. The van der Waals surface area contributed by atoms with E-state index in [2.05, 4.69) is 22.8 Å². The lowest BCUT2D eigenvalue weighted by atomic mass is 10.1. The van der Waals surface area contributed by atoms with Crippen LogP contribution in [0.15, 0.2) is 29.6 Å². The zero-order valence-electron chi connectivity index (χ0n) is 11.9. The van der Waals surface area contributed by atoms with E-state index >= 15 is 0 Å². The van der Waals surface area contributed by atoms with Crippen molar-refractivity contribution in [1.29, 1.82) is 0 Å². The fraction of sp³-hybridized carbons (Fsp3) is 0.333. The van der Waals surface area contributed by atoms with Gasteiger partial charge in [0.2, 0.25) is 5.75 Å². The molecule has 0 radical (unpaired) electrons. The van der Waals surface area contributed by atoms with Gasteiger partial charge in [-0.1, -0.05) is 12.1 Å². The molecule has 0 amide bonds. The predicted molar refractivity (Wildman–Crippen MR) is 81.0 cm³/mol. The van der Waals surface area contributed by atoms with Crippen molar-refractivity contribution in [1.82, 2.24) is 5.32 Å². The number of methoxy groups -OCH3 is 3. The molecule has 20 heavy (non-hydrogen) atoms. The molecule has 0 aliphatic rings. The summed E-state index contributed by atoms with van der Waals surface area (Å²) in [5.41, 5.74) is 1.04. The van der Waals surface area contributed by atoms with Gasteiger partial charge in [-0.2, -0.15) is 0 Å². The molecule has 2 aromatic rings. The van der Waals surface area contributed by atoms with E-state index in [1.165, 1.54) is 4.88 Å². The van der Waals surface area contributed by atoms with Crippen LogP contribution in [0.1, 0.15) is 10.4 Å². The largest absolute Gasteiger partial charge is 0.493 e. The Kier molecular flexibility index (Phi) is 5.26. The first kappa shape index (κ1) is 14.7. The van der Waals surface area contributed by atoms with Crippen molar-refractivity contribution in [2.75, 3.05) is 21.3 Å². The molecule has 0 unspecified atom stereocenters. The summed E-state index contributed by atoms with van der Waals surface area (Å²) in [5.74, 6) is 2.02. The Labute approximate surface area is 123 Å². The zero-order valence-corrected chi connectivity index (χ0v) is 12.8. The second kappa shape index (κ2) is 7.17. The Morgan fingerprint density at radius 1 is 0.950 bits per heavy atom. The number of benzene rings is 1. The highest BCUT2D eigenvalue weighted by atomic mass is 32.1. The zero-order chi connectivity index (χ0) is 14.4. The molecule has 0 atom stereocenters. The van der Waals surface area contributed by atoms with E-state index in [9.17, 15) is 0 Å². The van der Waals surface area contributed by atoms with Crippen molar-refractivity contribution in [3.05, 3.63) is 40.1 Å². The van der Waals surface area contributed by atoms with E-state index < -0.39 is 0 Å². The minimum Gasteiger partial charge on any atom is -0.493 e. The minimum atomic E-state index is 0.630. The topological polar surface area (TPSA) is 39.7 Å². The van der Waals surface area contributed by atoms with Crippen LogP contribution in [0.3, 0.4) is 0 Å². The van der Waals surface area contributed by atoms with Gasteiger partial charge in [0.1, 0.15) is 0 Å². The highest BCUT2D eigenvalue weighted by molar-refractivity contribution is 7.09. The maximum Gasteiger partial charge on any atom is 0.203 e. The molecular weight excluding hydrogens is 274 g/mol. The van der Waals surface area contributed by atoms with Crippen molar-refractivity contribution >= 4 is 11.3 Å². The van der Waals surface area contributed by atoms with Crippen molar-refractivity contribution in [3.8, 4) is 17.2 Å². The molecule has 0 bridgehead atoms. The normalized spacial score (nSPS) is 10.3. The number of hydrogen-bond donors (Lipinski definition) is 1. The van der Waals surface area contributed by atoms with Crippen LogP contribution in [0.4, 0.5) is 0 Å². The van der Waals surface area contributed by atoms with Crippen molar-refractivity contribution in [2.45, 2.75) is 13.1 Å². The van der Waals surface area contributed by atoms with E-state index in [-0.39, 0.29) is 0 Å². The molecular formula is C15H19NO3S. The fourth-order valence-corrected chi connectivity index (χ4v) is 2.71. The van der Waals surface area contributed by atoms with Crippen LogP contribution in [-0.2, 0) is 13.1 Å². The molecule has 0 saturated heterocycles. The van der Waals surface area contributed by atoms with Gasteiger partial charge in [0.05, 0.1) is 21.3 Å². The van der Waals surface area contributed by atoms with Crippen LogP contribution in [0, 0.1) is 0 Å². The summed E-state index contributed by atoms with van der Waals surface area (Å²) in [4.78, 5) is 1.31. The summed E-state index contributed by atoms with van der Waals surface area (Å²) in [6.45, 7) is 1.55. The quantitative estimate of drug-likeness (QED) is 0.851. The Bertz CT molecular complexity index is 540. The Balaban J connectivity index is 2.10. The second-order valence-corrected chi connectivity index (χ2v) is 5.21. The summed E-state index contributed by atoms with van der Waals surface area (Å²) in [5, 5.41) is 5.48. The lowest BCUT2D eigenvalue weighted by Crippen LogP contribution is -2.13. The van der Waals surface area contributed by atoms with Gasteiger partial charge in [-0.05, 0) is 17.5 Å². The summed E-state index contributed by atoms with van der Waals surface area (Å²) >= 11 is 1.74. The lowest BCUT2D eigenvalue weighted by molar-refractivity contribution is 0.321. The summed E-state index contributed by atoms with van der Waals surface area (Å²) in [6.07, 6.45) is 0. The molecule has 0 spiro atoms. The smallest absolute Gasteiger partial charge is 0.203 e. The molecule has 108 valence electrons. The SMILES string of the molecule is COc1ccc(CNCc2cccs2)c(OC)c1OC. The van der Waals surface area contributed by atoms with Gasteiger partial charge < -0.3 is 19.5 Å². The molecule has 0 aliphatic heterocycles. The van der Waals surface area contributed by atoms with Crippen LogP contribution in [0.2, 0.25) is 0 Å². The maximum absolute atomic E-state index is 5.46. The molecule has 0 aliphatic carbocycles. The first-order valence-corrected chi connectivity index (χ1v) is 7.19. The number of ether oxygens (including phenoxy) is 3. The Morgan fingerprint density at radius 2 is 1.75 bits per heavy atom. The van der Waals surface area contributed by atoms with Crippen molar-refractivity contribution in [3.63, 3.8) is 0 Å². The van der Waals surface area contributed by atoms with Crippen LogP contribution >= 0.6 is 11.3 Å². The summed E-state index contributed by atoms with van der Waals surface area (Å²) < 4.78 is 16.1. The van der Waals surface area contributed by atoms with Gasteiger partial charge in [-0.25, -0.2) is 0 Å². The average molecular weight is 293 g/mol. The molecule has 4 nitrogen and oxygen atoms in total. The molecule has 2 rings (SSSR count). The number of thiophene rings is 1. The molecule has 1 aromatic heterocycles. The van der Waals surface area contributed by atoms with Crippen LogP contribution in [0.25, 0.3) is 0 Å². The molecule has 1 aromatic carbocycles. The van der Waals surface area contributed by atoms with Crippen LogP contribution in [0.5, 0.6) is 17.2 Å². The van der Waals surface area contributed by atoms with E-state index in [1.54, 1.807) is 32.7 Å². The third kappa shape index (κ3) is 3.23. The third-order valence-electron chi connectivity index (χ3n) is 2.98. The highest BCUT2D eigenvalue weighted by Crippen LogP contribution is 2.39. The van der Waals surface area contributed by atoms with E-state index in [4.69, 9.17) is 14.2 Å². The molecule has 0 fully saturated rings. The monoisotopic (exact) mass is 293 g/mol. The number of hydrogen-bond acceptors (Lipinski definition) is 5. The van der Waals surface area contributed by atoms with Crippen LogP contribution < -0.4 is 19.5 Å². The standard InChI is InChI=1S/C15H19NO3S/c1-17-13-7-6-11(14(18-2)15(13)19-3)9-16-10-12-5-4-8-20-12/h4-8,16H,9-10H2,1-3H3. The fourth-order valence-electron chi connectivity index (χ4n) is 2.04. The molecule has 1 N–H and O–H groups in total. The van der Waals surface area contributed by atoms with Crippen molar-refractivity contribution < 1.29 is 14.2 Å². The minimum absolute atomic E-state index is 0.630. The van der Waals surface area contributed by atoms with Gasteiger partial charge in [0.25, 0.3) is 0 Å². The first-order chi connectivity index (χ1) is 9.80. The predicted octanol–water partition coefficient (Wildman–Crippen LogP) is 3.06. The Morgan fingerprint density at radius 3 is 2.35 bits per heavy atom. The lowest BCUT2D eigenvalue weighted by Gasteiger charge is -2.16. The molecule has 5 heteroatoms. The number of nitrogens with one attached hydrogen (secondary N) is 1. The maximum atomic E-state index is 5.46. The second-order valence-electron chi connectivity index (χ2n) is 4.18. The molecule has 0 saturated carbocycles. The summed E-state index contributed by atoms with van der Waals surface area (Å²) in [6, 6.07) is 8.05. The first-order valence-electron chi connectivity index (χ1n) is 6.31. The number of rotatable bonds is 7. The van der Waals surface area contributed by atoms with Gasteiger partial charge in [0, 0.05) is 23.5 Å². The van der Waals surface area contributed by atoms with Gasteiger partial charge in [0.15, 0.2) is 11.5 Å².